The van der Waals surface area contributed by atoms with Crippen LogP contribution in [-0.2, 0) is 4.74 Å². The van der Waals surface area contributed by atoms with Crippen LogP contribution in [0.5, 0.6) is 0 Å². The minimum absolute atomic E-state index is 0.143. The molecular formula is C18H19NO3. The third kappa shape index (κ3) is 4.45. The van der Waals surface area contributed by atoms with Crippen molar-refractivity contribution < 1.29 is 14.3 Å². The predicted molar refractivity (Wildman–Crippen MR) is 85.0 cm³/mol. The van der Waals surface area contributed by atoms with Crippen LogP contribution in [0.15, 0.2) is 48.5 Å². The van der Waals surface area contributed by atoms with Gasteiger partial charge in [0.1, 0.15) is 6.61 Å². The first-order valence-electron chi connectivity index (χ1n) is 7.15. The van der Waals surface area contributed by atoms with Crippen molar-refractivity contribution >= 4 is 11.9 Å². The molecule has 0 unspecified atom stereocenters. The van der Waals surface area contributed by atoms with Crippen LogP contribution < -0.4 is 5.32 Å². The third-order valence-electron chi connectivity index (χ3n) is 3.22. The number of hydrogen-bond donors (Lipinski definition) is 1. The van der Waals surface area contributed by atoms with Crippen LogP contribution in [0.4, 0.5) is 0 Å². The van der Waals surface area contributed by atoms with Gasteiger partial charge in [-0.25, -0.2) is 4.79 Å². The van der Waals surface area contributed by atoms with E-state index in [1.165, 1.54) is 0 Å². The van der Waals surface area contributed by atoms with Gasteiger partial charge in [0.2, 0.25) is 0 Å². The zero-order chi connectivity index (χ0) is 15.9. The van der Waals surface area contributed by atoms with Crippen molar-refractivity contribution in [3.8, 4) is 0 Å². The molecule has 0 aliphatic carbocycles. The smallest absolute Gasteiger partial charge is 0.338 e. The molecule has 0 radical (unpaired) electrons. The lowest BCUT2D eigenvalue weighted by Crippen LogP contribution is -2.28. The molecule has 0 heterocycles. The van der Waals surface area contributed by atoms with Crippen LogP contribution in [0.2, 0.25) is 0 Å². The van der Waals surface area contributed by atoms with E-state index in [1.807, 2.05) is 38.1 Å². The molecule has 1 N–H and O–H groups in total. The van der Waals surface area contributed by atoms with Gasteiger partial charge in [-0.15, -0.1) is 0 Å². The van der Waals surface area contributed by atoms with Gasteiger partial charge in [0.25, 0.3) is 5.91 Å². The average molecular weight is 297 g/mol. The zero-order valence-electron chi connectivity index (χ0n) is 12.8. The molecule has 2 aromatic carbocycles. The van der Waals surface area contributed by atoms with Gasteiger partial charge in [-0.1, -0.05) is 35.4 Å². The Labute approximate surface area is 130 Å². The molecule has 2 aromatic rings. The summed E-state index contributed by atoms with van der Waals surface area (Å²) in [5.41, 5.74) is 3.29. The summed E-state index contributed by atoms with van der Waals surface area (Å²) in [6, 6.07) is 14.5. The van der Waals surface area contributed by atoms with Crippen LogP contribution in [-0.4, -0.2) is 25.0 Å². The highest BCUT2D eigenvalue weighted by molar-refractivity contribution is 5.94. The standard InChI is InChI=1S/C18H19NO3/c1-13-3-7-15(8-4-13)17(20)19-11-12-22-18(21)16-9-5-14(2)6-10-16/h3-10H,11-12H2,1-2H3,(H,19,20). The fourth-order valence-electron chi connectivity index (χ4n) is 1.89. The molecule has 0 aromatic heterocycles. The lowest BCUT2D eigenvalue weighted by Gasteiger charge is -2.07. The predicted octanol–water partition coefficient (Wildman–Crippen LogP) is 2.89. The molecule has 4 heteroatoms. The number of aryl methyl sites for hydroxylation is 2. The third-order valence-corrected chi connectivity index (χ3v) is 3.22. The first-order chi connectivity index (χ1) is 10.6. The van der Waals surface area contributed by atoms with Gasteiger partial charge in [-0.3, -0.25) is 4.79 Å². The monoisotopic (exact) mass is 297 g/mol. The van der Waals surface area contributed by atoms with E-state index >= 15 is 0 Å². The molecule has 0 saturated heterocycles. The Balaban J connectivity index is 1.74. The van der Waals surface area contributed by atoms with E-state index in [2.05, 4.69) is 5.32 Å². The lowest BCUT2D eigenvalue weighted by molar-refractivity contribution is 0.0503. The van der Waals surface area contributed by atoms with Crippen LogP contribution in [0.25, 0.3) is 0 Å². The van der Waals surface area contributed by atoms with Crippen molar-refractivity contribution in [2.75, 3.05) is 13.2 Å². The molecule has 0 aliphatic heterocycles. The zero-order valence-corrected chi connectivity index (χ0v) is 12.8. The van der Waals surface area contributed by atoms with Gasteiger partial charge in [-0.05, 0) is 38.1 Å². The molecular weight excluding hydrogens is 278 g/mol. The second-order valence-electron chi connectivity index (χ2n) is 5.12. The minimum Gasteiger partial charge on any atom is -0.460 e. The number of hydrogen-bond acceptors (Lipinski definition) is 3. The second kappa shape index (κ2) is 7.41. The number of benzene rings is 2. The topological polar surface area (TPSA) is 55.4 Å². The fourth-order valence-corrected chi connectivity index (χ4v) is 1.89. The summed E-state index contributed by atoms with van der Waals surface area (Å²) in [6.07, 6.45) is 0. The number of nitrogens with one attached hydrogen (secondary N) is 1. The van der Waals surface area contributed by atoms with E-state index in [-0.39, 0.29) is 25.0 Å². The molecule has 22 heavy (non-hydrogen) atoms. The Morgan fingerprint density at radius 2 is 1.36 bits per heavy atom. The first-order valence-corrected chi connectivity index (χ1v) is 7.15. The van der Waals surface area contributed by atoms with Gasteiger partial charge in [0.05, 0.1) is 12.1 Å². The summed E-state index contributed by atoms with van der Waals surface area (Å²) >= 11 is 0. The summed E-state index contributed by atoms with van der Waals surface area (Å²) in [5.74, 6) is -0.559. The van der Waals surface area contributed by atoms with Crippen molar-refractivity contribution in [1.82, 2.24) is 5.32 Å². The van der Waals surface area contributed by atoms with E-state index < -0.39 is 0 Å². The minimum atomic E-state index is -0.385. The van der Waals surface area contributed by atoms with Gasteiger partial charge < -0.3 is 10.1 Å². The molecule has 114 valence electrons. The van der Waals surface area contributed by atoms with Crippen molar-refractivity contribution in [2.24, 2.45) is 0 Å². The van der Waals surface area contributed by atoms with Crippen molar-refractivity contribution in [3.05, 3.63) is 70.8 Å². The quantitative estimate of drug-likeness (QED) is 0.682. The van der Waals surface area contributed by atoms with Gasteiger partial charge in [-0.2, -0.15) is 0 Å². The second-order valence-corrected chi connectivity index (χ2v) is 5.12. The maximum absolute atomic E-state index is 11.9. The summed E-state index contributed by atoms with van der Waals surface area (Å²) in [7, 11) is 0. The molecule has 0 atom stereocenters. The number of carbonyl (C=O) groups is 2. The number of amides is 1. The Morgan fingerprint density at radius 1 is 0.864 bits per heavy atom. The van der Waals surface area contributed by atoms with Crippen molar-refractivity contribution in [3.63, 3.8) is 0 Å². The van der Waals surface area contributed by atoms with Crippen LogP contribution >= 0.6 is 0 Å². The Kier molecular flexibility index (Phi) is 5.31. The number of rotatable bonds is 5. The van der Waals surface area contributed by atoms with E-state index in [0.717, 1.165) is 11.1 Å². The van der Waals surface area contributed by atoms with Gasteiger partial charge in [0.15, 0.2) is 0 Å². The molecule has 1 amide bonds. The van der Waals surface area contributed by atoms with Crippen LogP contribution in [0.1, 0.15) is 31.8 Å². The van der Waals surface area contributed by atoms with E-state index in [1.54, 1.807) is 24.3 Å². The summed E-state index contributed by atoms with van der Waals surface area (Å²) in [6.45, 7) is 4.34. The molecule has 0 aliphatic rings. The fraction of sp³-hybridized carbons (Fsp3) is 0.222. The maximum atomic E-state index is 11.9. The summed E-state index contributed by atoms with van der Waals surface area (Å²) in [4.78, 5) is 23.6. The highest BCUT2D eigenvalue weighted by Gasteiger charge is 2.07. The summed E-state index contributed by atoms with van der Waals surface area (Å²) < 4.78 is 5.12. The van der Waals surface area contributed by atoms with Gasteiger partial charge in [0, 0.05) is 5.56 Å². The van der Waals surface area contributed by atoms with E-state index in [9.17, 15) is 9.59 Å². The molecule has 0 spiro atoms. The van der Waals surface area contributed by atoms with E-state index in [0.29, 0.717) is 11.1 Å². The van der Waals surface area contributed by atoms with Crippen LogP contribution in [0.3, 0.4) is 0 Å². The first kappa shape index (κ1) is 15.8. The summed E-state index contributed by atoms with van der Waals surface area (Å²) in [5, 5.41) is 2.72. The van der Waals surface area contributed by atoms with Crippen molar-refractivity contribution in [2.45, 2.75) is 13.8 Å². The number of ether oxygens (including phenoxy) is 1. The van der Waals surface area contributed by atoms with Gasteiger partial charge >= 0.3 is 5.97 Å². The Morgan fingerprint density at radius 3 is 1.91 bits per heavy atom. The lowest BCUT2D eigenvalue weighted by atomic mass is 10.1. The van der Waals surface area contributed by atoms with Crippen molar-refractivity contribution in [1.29, 1.82) is 0 Å². The highest BCUT2D eigenvalue weighted by atomic mass is 16.5. The number of esters is 1. The Hall–Kier alpha value is -2.62. The molecule has 2 rings (SSSR count). The largest absolute Gasteiger partial charge is 0.460 e. The molecule has 4 nitrogen and oxygen atoms in total. The highest BCUT2D eigenvalue weighted by Crippen LogP contribution is 2.05. The van der Waals surface area contributed by atoms with E-state index in [4.69, 9.17) is 4.74 Å². The maximum Gasteiger partial charge on any atom is 0.338 e. The molecule has 0 bridgehead atoms. The number of carbonyl (C=O) groups excluding carboxylic acids is 2. The normalized spacial score (nSPS) is 10.1. The average Bonchev–Trinajstić information content (AvgIpc) is 2.52. The van der Waals surface area contributed by atoms with Crippen LogP contribution in [0, 0.1) is 13.8 Å². The Bertz CT molecular complexity index is 586. The SMILES string of the molecule is Cc1ccc(C(=O)NCCOC(=O)c2ccc(C)cc2)cc1. The molecule has 0 fully saturated rings. The molecule has 0 saturated carbocycles.